The number of hydrogen-bond donors (Lipinski definition) is 1. The Bertz CT molecular complexity index is 1120. The summed E-state index contributed by atoms with van der Waals surface area (Å²) >= 11 is 0. The lowest BCUT2D eigenvalue weighted by Gasteiger charge is -2.20. The monoisotopic (exact) mass is 358 g/mol. The van der Waals surface area contributed by atoms with E-state index in [1.54, 1.807) is 23.0 Å². The predicted octanol–water partition coefficient (Wildman–Crippen LogP) is 2.90. The summed E-state index contributed by atoms with van der Waals surface area (Å²) in [6.07, 6.45) is 1.76. The van der Waals surface area contributed by atoms with E-state index >= 15 is 0 Å². The number of carbonyl (C=O) groups is 1. The molecular formula is C20H18N6O. The van der Waals surface area contributed by atoms with Crippen LogP contribution in [0.2, 0.25) is 0 Å². The Balaban J connectivity index is 1.85. The van der Waals surface area contributed by atoms with Crippen LogP contribution in [-0.2, 0) is 7.05 Å². The van der Waals surface area contributed by atoms with Crippen LogP contribution in [0.5, 0.6) is 0 Å². The van der Waals surface area contributed by atoms with E-state index in [1.807, 2.05) is 61.5 Å². The van der Waals surface area contributed by atoms with Gasteiger partial charge >= 0.3 is 0 Å². The average molecular weight is 358 g/mol. The van der Waals surface area contributed by atoms with Crippen molar-refractivity contribution in [3.63, 3.8) is 0 Å². The van der Waals surface area contributed by atoms with Gasteiger partial charge in [0.15, 0.2) is 11.5 Å². The van der Waals surface area contributed by atoms with Crippen molar-refractivity contribution in [2.45, 2.75) is 0 Å². The van der Waals surface area contributed by atoms with Crippen LogP contribution in [0, 0.1) is 0 Å². The molecule has 0 radical (unpaired) electrons. The van der Waals surface area contributed by atoms with Gasteiger partial charge in [-0.3, -0.25) is 9.48 Å². The minimum absolute atomic E-state index is 0.452. The minimum atomic E-state index is -0.452. The quantitative estimate of drug-likeness (QED) is 0.606. The molecule has 0 fully saturated rings. The van der Waals surface area contributed by atoms with Gasteiger partial charge in [-0.2, -0.15) is 5.10 Å². The highest BCUT2D eigenvalue weighted by Gasteiger charge is 2.17. The fourth-order valence-corrected chi connectivity index (χ4v) is 2.95. The third-order valence-electron chi connectivity index (χ3n) is 4.46. The van der Waals surface area contributed by atoms with Crippen molar-refractivity contribution in [2.24, 2.45) is 12.8 Å². The summed E-state index contributed by atoms with van der Waals surface area (Å²) in [5, 5.41) is 5.18. The molecule has 7 heteroatoms. The summed E-state index contributed by atoms with van der Waals surface area (Å²) in [5.74, 6) is 0.910. The summed E-state index contributed by atoms with van der Waals surface area (Å²) in [4.78, 5) is 22.7. The number of benzene rings is 2. The molecule has 0 aliphatic carbocycles. The van der Waals surface area contributed by atoms with Gasteiger partial charge in [-0.05, 0) is 24.3 Å². The average Bonchev–Trinajstić information content (AvgIpc) is 3.08. The maximum Gasteiger partial charge on any atom is 0.248 e. The molecule has 1 amide bonds. The van der Waals surface area contributed by atoms with Gasteiger partial charge in [0.2, 0.25) is 5.91 Å². The first-order chi connectivity index (χ1) is 13.0. The number of nitrogens with two attached hydrogens (primary N) is 1. The summed E-state index contributed by atoms with van der Waals surface area (Å²) < 4.78 is 1.73. The number of aromatic nitrogens is 4. The molecule has 2 aromatic heterocycles. The molecule has 7 nitrogen and oxygen atoms in total. The third-order valence-corrected chi connectivity index (χ3v) is 4.46. The Morgan fingerprint density at radius 1 is 1.04 bits per heavy atom. The number of carbonyl (C=O) groups excluding carboxylic acids is 1. The van der Waals surface area contributed by atoms with Crippen LogP contribution in [0.25, 0.3) is 22.4 Å². The van der Waals surface area contributed by atoms with Crippen molar-refractivity contribution in [3.8, 4) is 11.4 Å². The molecule has 0 spiro atoms. The van der Waals surface area contributed by atoms with Gasteiger partial charge in [0.25, 0.3) is 0 Å². The number of aryl methyl sites for hydroxylation is 1. The summed E-state index contributed by atoms with van der Waals surface area (Å²) in [5.41, 5.74) is 8.35. The Morgan fingerprint density at radius 2 is 1.74 bits per heavy atom. The minimum Gasteiger partial charge on any atom is -0.366 e. The van der Waals surface area contributed by atoms with Crippen LogP contribution in [0.4, 0.5) is 11.5 Å². The molecule has 0 saturated carbocycles. The van der Waals surface area contributed by atoms with Gasteiger partial charge in [-0.1, -0.05) is 30.3 Å². The van der Waals surface area contributed by atoms with Crippen molar-refractivity contribution >= 4 is 28.4 Å². The van der Waals surface area contributed by atoms with Crippen LogP contribution < -0.4 is 10.6 Å². The van der Waals surface area contributed by atoms with Gasteiger partial charge < -0.3 is 10.6 Å². The predicted molar refractivity (Wildman–Crippen MR) is 105 cm³/mol. The molecule has 2 N–H and O–H groups in total. The number of anilines is 2. The molecule has 0 atom stereocenters. The zero-order chi connectivity index (χ0) is 19.0. The molecule has 0 saturated heterocycles. The maximum absolute atomic E-state index is 11.3. The second-order valence-corrected chi connectivity index (χ2v) is 6.21. The normalized spacial score (nSPS) is 10.9. The topological polar surface area (TPSA) is 89.9 Å². The van der Waals surface area contributed by atoms with Gasteiger partial charge in [0.1, 0.15) is 5.82 Å². The molecule has 2 aromatic carbocycles. The number of fused-ring (bicyclic) bond motifs is 1. The molecule has 134 valence electrons. The van der Waals surface area contributed by atoms with E-state index in [0.717, 1.165) is 28.1 Å². The second kappa shape index (κ2) is 6.53. The lowest BCUT2D eigenvalue weighted by Crippen LogP contribution is -2.14. The van der Waals surface area contributed by atoms with E-state index in [4.69, 9.17) is 10.7 Å². The van der Waals surface area contributed by atoms with Crippen LogP contribution in [0.1, 0.15) is 10.4 Å². The highest BCUT2D eigenvalue weighted by Crippen LogP contribution is 2.31. The SMILES string of the molecule is CN(c1ccc(C(N)=O)cc1)c1nc(-c2ccccc2)nc2c1cnn2C. The number of hydrogen-bond acceptors (Lipinski definition) is 5. The van der Waals surface area contributed by atoms with Crippen LogP contribution in [0.3, 0.4) is 0 Å². The Morgan fingerprint density at radius 3 is 2.41 bits per heavy atom. The van der Waals surface area contributed by atoms with E-state index in [0.29, 0.717) is 11.4 Å². The van der Waals surface area contributed by atoms with E-state index in [1.165, 1.54) is 0 Å². The Kier molecular flexibility index (Phi) is 4.04. The molecule has 2 heterocycles. The Labute approximate surface area is 156 Å². The lowest BCUT2D eigenvalue weighted by molar-refractivity contribution is 0.100. The van der Waals surface area contributed by atoms with E-state index in [2.05, 4.69) is 10.1 Å². The standard InChI is InChI=1S/C20H18N6O/c1-25(15-10-8-13(9-11-15)17(21)27)19-16-12-22-26(2)20(16)24-18(23-19)14-6-4-3-5-7-14/h3-12H,1-2H3,(H2,21,27). The van der Waals surface area contributed by atoms with Crippen molar-refractivity contribution < 1.29 is 4.79 Å². The van der Waals surface area contributed by atoms with Crippen LogP contribution in [0.15, 0.2) is 60.8 Å². The maximum atomic E-state index is 11.3. The summed E-state index contributed by atoms with van der Waals surface area (Å²) in [6, 6.07) is 16.9. The fourth-order valence-electron chi connectivity index (χ4n) is 2.95. The van der Waals surface area contributed by atoms with Gasteiger partial charge in [-0.25, -0.2) is 9.97 Å². The van der Waals surface area contributed by atoms with E-state index < -0.39 is 5.91 Å². The molecule has 27 heavy (non-hydrogen) atoms. The first-order valence-corrected chi connectivity index (χ1v) is 8.43. The first-order valence-electron chi connectivity index (χ1n) is 8.43. The van der Waals surface area contributed by atoms with Crippen LogP contribution >= 0.6 is 0 Å². The Hall–Kier alpha value is -3.74. The molecule has 0 aliphatic heterocycles. The summed E-state index contributed by atoms with van der Waals surface area (Å²) in [7, 11) is 3.78. The third kappa shape index (κ3) is 2.99. The van der Waals surface area contributed by atoms with Gasteiger partial charge in [0.05, 0.1) is 11.6 Å². The zero-order valence-electron chi connectivity index (χ0n) is 15.0. The van der Waals surface area contributed by atoms with Gasteiger partial charge in [-0.15, -0.1) is 0 Å². The fraction of sp³-hybridized carbons (Fsp3) is 0.100. The van der Waals surface area contributed by atoms with Crippen molar-refractivity contribution in [2.75, 3.05) is 11.9 Å². The molecule has 4 aromatic rings. The zero-order valence-corrected chi connectivity index (χ0v) is 15.0. The number of rotatable bonds is 4. The number of nitrogens with zero attached hydrogens (tertiary/aromatic N) is 5. The molecule has 0 unspecified atom stereocenters. The highest BCUT2D eigenvalue weighted by atomic mass is 16.1. The van der Waals surface area contributed by atoms with Crippen molar-refractivity contribution in [1.29, 1.82) is 0 Å². The molecule has 0 aliphatic rings. The van der Waals surface area contributed by atoms with E-state index in [9.17, 15) is 4.79 Å². The van der Waals surface area contributed by atoms with Crippen LogP contribution in [-0.4, -0.2) is 32.7 Å². The number of primary amides is 1. The lowest BCUT2D eigenvalue weighted by atomic mass is 10.2. The second-order valence-electron chi connectivity index (χ2n) is 6.21. The number of amides is 1. The van der Waals surface area contributed by atoms with Gasteiger partial charge in [0, 0.05) is 30.9 Å². The first kappa shape index (κ1) is 16.7. The molecular weight excluding hydrogens is 340 g/mol. The molecule has 0 bridgehead atoms. The smallest absolute Gasteiger partial charge is 0.248 e. The highest BCUT2D eigenvalue weighted by molar-refractivity contribution is 5.94. The van der Waals surface area contributed by atoms with Crippen molar-refractivity contribution in [1.82, 2.24) is 19.7 Å². The molecule has 4 rings (SSSR count). The van der Waals surface area contributed by atoms with E-state index in [-0.39, 0.29) is 0 Å². The van der Waals surface area contributed by atoms with Crippen molar-refractivity contribution in [3.05, 3.63) is 66.4 Å². The summed E-state index contributed by atoms with van der Waals surface area (Å²) in [6.45, 7) is 0. The largest absolute Gasteiger partial charge is 0.366 e.